The highest BCUT2D eigenvalue weighted by Crippen LogP contribution is 2.24. The lowest BCUT2D eigenvalue weighted by Gasteiger charge is -2.42. The molecule has 1 N–H and O–H groups in total. The number of likely N-dealkylation sites (tertiary alicyclic amines) is 1. The van der Waals surface area contributed by atoms with E-state index < -0.39 is 0 Å². The number of piperidine rings is 2. The van der Waals surface area contributed by atoms with Crippen molar-refractivity contribution in [2.75, 3.05) is 19.6 Å². The Bertz CT molecular complexity index is 164. The van der Waals surface area contributed by atoms with Crippen molar-refractivity contribution in [2.24, 2.45) is 0 Å². The molecule has 2 atom stereocenters. The van der Waals surface area contributed by atoms with Crippen LogP contribution in [0.15, 0.2) is 0 Å². The molecule has 0 radical (unpaired) electrons. The molecule has 0 aromatic rings. The van der Waals surface area contributed by atoms with Gasteiger partial charge in [0.1, 0.15) is 0 Å². The van der Waals surface area contributed by atoms with Crippen molar-refractivity contribution >= 4 is 0 Å². The van der Waals surface area contributed by atoms with Crippen LogP contribution in [0.5, 0.6) is 0 Å². The highest BCUT2D eigenvalue weighted by atomic mass is 15.2. The van der Waals surface area contributed by atoms with Gasteiger partial charge in [0.2, 0.25) is 0 Å². The van der Waals surface area contributed by atoms with Gasteiger partial charge in [-0.2, -0.15) is 0 Å². The molecule has 2 heterocycles. The number of hydrogen-bond acceptors (Lipinski definition) is 2. The molecule has 2 rings (SSSR count). The molecule has 0 bridgehead atoms. The first-order valence-corrected chi connectivity index (χ1v) is 6.38. The lowest BCUT2D eigenvalue weighted by Crippen LogP contribution is -2.52. The molecule has 0 aliphatic carbocycles. The summed E-state index contributed by atoms with van der Waals surface area (Å²) in [4.78, 5) is 2.79. The summed E-state index contributed by atoms with van der Waals surface area (Å²) < 4.78 is 0. The predicted molar refractivity (Wildman–Crippen MR) is 60.5 cm³/mol. The molecule has 0 aromatic carbocycles. The van der Waals surface area contributed by atoms with Crippen molar-refractivity contribution in [3.63, 3.8) is 0 Å². The molecule has 0 amide bonds. The van der Waals surface area contributed by atoms with Crippen molar-refractivity contribution in [2.45, 2.75) is 57.5 Å². The Hall–Kier alpha value is -0.0800. The standard InChI is InChI=1S/C12H24N2/c1-2-11-6-3-4-9-14(11)12-7-5-8-13-10-12/h11-13H,2-10H2,1H3. The average Bonchev–Trinajstić information content (AvgIpc) is 2.30. The van der Waals surface area contributed by atoms with Gasteiger partial charge in [-0.1, -0.05) is 13.3 Å². The van der Waals surface area contributed by atoms with Crippen LogP contribution in [0, 0.1) is 0 Å². The second kappa shape index (κ2) is 5.13. The van der Waals surface area contributed by atoms with E-state index in [4.69, 9.17) is 0 Å². The molecule has 14 heavy (non-hydrogen) atoms. The third kappa shape index (κ3) is 2.29. The lowest BCUT2D eigenvalue weighted by molar-refractivity contribution is 0.0771. The highest BCUT2D eigenvalue weighted by molar-refractivity contribution is 4.85. The zero-order valence-electron chi connectivity index (χ0n) is 9.47. The third-order valence-corrected chi connectivity index (χ3v) is 3.88. The normalized spacial score (nSPS) is 35.8. The van der Waals surface area contributed by atoms with Gasteiger partial charge < -0.3 is 5.32 Å². The molecule has 2 aliphatic heterocycles. The molecule has 0 aromatic heterocycles. The number of hydrogen-bond donors (Lipinski definition) is 1. The van der Waals surface area contributed by atoms with Crippen molar-refractivity contribution in [3.8, 4) is 0 Å². The zero-order valence-corrected chi connectivity index (χ0v) is 9.47. The fourth-order valence-corrected chi connectivity index (χ4v) is 3.06. The summed E-state index contributed by atoms with van der Waals surface area (Å²) in [5.41, 5.74) is 0. The van der Waals surface area contributed by atoms with Crippen LogP contribution in [0.2, 0.25) is 0 Å². The summed E-state index contributed by atoms with van der Waals surface area (Å²) in [5, 5.41) is 3.54. The fourth-order valence-electron chi connectivity index (χ4n) is 3.06. The van der Waals surface area contributed by atoms with E-state index in [1.807, 2.05) is 0 Å². The van der Waals surface area contributed by atoms with Crippen LogP contribution in [0.4, 0.5) is 0 Å². The minimum Gasteiger partial charge on any atom is -0.315 e. The zero-order chi connectivity index (χ0) is 9.80. The first kappa shape index (κ1) is 10.4. The third-order valence-electron chi connectivity index (χ3n) is 3.88. The van der Waals surface area contributed by atoms with Crippen LogP contribution in [0.3, 0.4) is 0 Å². The Morgan fingerprint density at radius 3 is 2.86 bits per heavy atom. The van der Waals surface area contributed by atoms with Gasteiger partial charge >= 0.3 is 0 Å². The Balaban J connectivity index is 1.91. The van der Waals surface area contributed by atoms with Gasteiger partial charge in [0, 0.05) is 18.6 Å². The predicted octanol–water partition coefficient (Wildman–Crippen LogP) is 2.00. The van der Waals surface area contributed by atoms with Gasteiger partial charge in [0.25, 0.3) is 0 Å². The molecule has 0 spiro atoms. The summed E-state index contributed by atoms with van der Waals surface area (Å²) in [6, 6.07) is 1.72. The molecule has 0 saturated carbocycles. The summed E-state index contributed by atoms with van der Waals surface area (Å²) in [5.74, 6) is 0. The van der Waals surface area contributed by atoms with Crippen LogP contribution in [0.1, 0.15) is 45.4 Å². The van der Waals surface area contributed by atoms with E-state index in [1.54, 1.807) is 0 Å². The Morgan fingerprint density at radius 1 is 1.21 bits per heavy atom. The molecule has 2 fully saturated rings. The first-order valence-electron chi connectivity index (χ1n) is 6.38. The van der Waals surface area contributed by atoms with E-state index >= 15 is 0 Å². The molecular weight excluding hydrogens is 172 g/mol. The maximum absolute atomic E-state index is 3.54. The van der Waals surface area contributed by atoms with Crippen LogP contribution in [-0.4, -0.2) is 36.6 Å². The average molecular weight is 196 g/mol. The number of nitrogens with one attached hydrogen (secondary N) is 1. The highest BCUT2D eigenvalue weighted by Gasteiger charge is 2.28. The summed E-state index contributed by atoms with van der Waals surface area (Å²) in [6.07, 6.45) is 8.45. The van der Waals surface area contributed by atoms with E-state index in [9.17, 15) is 0 Å². The quantitative estimate of drug-likeness (QED) is 0.727. The minimum absolute atomic E-state index is 0.842. The first-order chi connectivity index (χ1) is 6.92. The van der Waals surface area contributed by atoms with E-state index in [2.05, 4.69) is 17.1 Å². The number of nitrogens with zero attached hydrogens (tertiary/aromatic N) is 1. The van der Waals surface area contributed by atoms with Crippen LogP contribution in [0.25, 0.3) is 0 Å². The monoisotopic (exact) mass is 196 g/mol. The van der Waals surface area contributed by atoms with Gasteiger partial charge in [-0.15, -0.1) is 0 Å². The molecular formula is C12H24N2. The Kier molecular flexibility index (Phi) is 3.82. The molecule has 82 valence electrons. The molecule has 2 nitrogen and oxygen atoms in total. The van der Waals surface area contributed by atoms with Gasteiger partial charge in [0.05, 0.1) is 0 Å². The van der Waals surface area contributed by atoms with Gasteiger partial charge in [-0.25, -0.2) is 0 Å². The summed E-state index contributed by atoms with van der Waals surface area (Å²) in [6.45, 7) is 6.17. The molecule has 2 unspecified atom stereocenters. The van der Waals surface area contributed by atoms with Crippen molar-refractivity contribution < 1.29 is 0 Å². The van der Waals surface area contributed by atoms with Crippen molar-refractivity contribution in [1.29, 1.82) is 0 Å². The topological polar surface area (TPSA) is 15.3 Å². The summed E-state index contributed by atoms with van der Waals surface area (Å²) >= 11 is 0. The minimum atomic E-state index is 0.842. The van der Waals surface area contributed by atoms with E-state index in [0.717, 1.165) is 12.1 Å². The van der Waals surface area contributed by atoms with Gasteiger partial charge in [-0.3, -0.25) is 4.90 Å². The smallest absolute Gasteiger partial charge is 0.0224 e. The van der Waals surface area contributed by atoms with Crippen LogP contribution in [-0.2, 0) is 0 Å². The lowest BCUT2D eigenvalue weighted by atomic mass is 9.95. The summed E-state index contributed by atoms with van der Waals surface area (Å²) in [7, 11) is 0. The van der Waals surface area contributed by atoms with Crippen LogP contribution < -0.4 is 5.32 Å². The van der Waals surface area contributed by atoms with E-state index in [0.29, 0.717) is 0 Å². The maximum atomic E-state index is 3.54. The molecule has 2 saturated heterocycles. The van der Waals surface area contributed by atoms with Gasteiger partial charge in [0.15, 0.2) is 0 Å². The largest absolute Gasteiger partial charge is 0.315 e. The Labute approximate surface area is 88.1 Å². The van der Waals surface area contributed by atoms with E-state index in [1.165, 1.54) is 58.2 Å². The second-order valence-electron chi connectivity index (χ2n) is 4.80. The van der Waals surface area contributed by atoms with E-state index in [-0.39, 0.29) is 0 Å². The van der Waals surface area contributed by atoms with Crippen molar-refractivity contribution in [1.82, 2.24) is 10.2 Å². The fraction of sp³-hybridized carbons (Fsp3) is 1.00. The maximum Gasteiger partial charge on any atom is 0.0224 e. The molecule has 2 aliphatic rings. The molecule has 2 heteroatoms. The SMILES string of the molecule is CCC1CCCCN1C1CCCNC1. The number of rotatable bonds is 2. The van der Waals surface area contributed by atoms with Crippen molar-refractivity contribution in [3.05, 3.63) is 0 Å². The second-order valence-corrected chi connectivity index (χ2v) is 4.80. The van der Waals surface area contributed by atoms with Gasteiger partial charge in [-0.05, 0) is 45.2 Å². The van der Waals surface area contributed by atoms with Crippen LogP contribution >= 0.6 is 0 Å². The Morgan fingerprint density at radius 2 is 2.14 bits per heavy atom.